The van der Waals surface area contributed by atoms with Gasteiger partial charge in [-0.15, -0.1) is 0 Å². The largest absolute Gasteiger partial charge is 0.493 e. The fourth-order valence-electron chi connectivity index (χ4n) is 1.15. The van der Waals surface area contributed by atoms with Crippen LogP contribution in [-0.4, -0.2) is 19.7 Å². The first-order chi connectivity index (χ1) is 5.95. The molecule has 2 nitrogen and oxygen atoms in total. The van der Waals surface area contributed by atoms with Crippen LogP contribution in [0.25, 0.3) is 0 Å². The first kappa shape index (κ1) is 7.62. The highest BCUT2D eigenvalue weighted by Crippen LogP contribution is 2.11. The molecular formula is C10H12NO. The molecule has 12 heavy (non-hydrogen) atoms. The van der Waals surface area contributed by atoms with Crippen molar-refractivity contribution in [3.8, 4) is 5.75 Å². The van der Waals surface area contributed by atoms with Gasteiger partial charge in [0.25, 0.3) is 0 Å². The lowest BCUT2D eigenvalue weighted by Gasteiger charge is -2.26. The lowest BCUT2D eigenvalue weighted by Crippen LogP contribution is -2.45. The van der Waals surface area contributed by atoms with Crippen molar-refractivity contribution < 1.29 is 4.74 Å². The molecule has 1 aromatic rings. The van der Waals surface area contributed by atoms with E-state index in [1.165, 1.54) is 0 Å². The Morgan fingerprint density at radius 3 is 2.75 bits per heavy atom. The second-order valence-corrected chi connectivity index (χ2v) is 3.07. The van der Waals surface area contributed by atoms with Gasteiger partial charge in [-0.05, 0) is 18.2 Å². The van der Waals surface area contributed by atoms with Crippen LogP contribution in [-0.2, 0) is 0 Å². The lowest BCUT2D eigenvalue weighted by atomic mass is 10.1. The molecule has 63 valence electrons. The molecule has 0 spiro atoms. The van der Waals surface area contributed by atoms with Crippen molar-refractivity contribution in [3.63, 3.8) is 0 Å². The first-order valence-corrected chi connectivity index (χ1v) is 4.25. The van der Waals surface area contributed by atoms with Crippen LogP contribution in [0.1, 0.15) is 0 Å². The smallest absolute Gasteiger partial charge is 0.119 e. The molecule has 0 saturated carbocycles. The minimum absolute atomic E-state index is 0.703. The molecule has 1 N–H and O–H groups in total. The summed E-state index contributed by atoms with van der Waals surface area (Å²) in [6.45, 7) is 3.02. The molecular weight excluding hydrogens is 150 g/mol. The number of hydrogen-bond acceptors (Lipinski definition) is 2. The van der Waals surface area contributed by atoms with Crippen molar-refractivity contribution >= 4 is 0 Å². The molecule has 0 atom stereocenters. The third-order valence-electron chi connectivity index (χ3n) is 2.04. The van der Waals surface area contributed by atoms with Gasteiger partial charge < -0.3 is 10.1 Å². The molecule has 2 heteroatoms. The molecule has 1 fully saturated rings. The maximum atomic E-state index is 5.55. The van der Waals surface area contributed by atoms with Gasteiger partial charge in [0, 0.05) is 19.0 Å². The van der Waals surface area contributed by atoms with Crippen LogP contribution in [0.5, 0.6) is 5.75 Å². The predicted octanol–water partition coefficient (Wildman–Crippen LogP) is 1.08. The van der Waals surface area contributed by atoms with E-state index in [9.17, 15) is 0 Å². The summed E-state index contributed by atoms with van der Waals surface area (Å²) in [4.78, 5) is 0. The van der Waals surface area contributed by atoms with Crippen molar-refractivity contribution in [3.05, 3.63) is 30.3 Å². The Balaban J connectivity index is 1.79. The van der Waals surface area contributed by atoms with E-state index in [2.05, 4.69) is 11.4 Å². The van der Waals surface area contributed by atoms with E-state index < -0.39 is 0 Å². The standard InChI is InChI=1S/C10H12NO/c1-2-4-10(5-3-1)12-8-9-6-11-7-9/h2-5,9,11H,6-8H2. The van der Waals surface area contributed by atoms with Gasteiger partial charge >= 0.3 is 0 Å². The third kappa shape index (κ3) is 1.77. The minimum Gasteiger partial charge on any atom is -0.493 e. The molecule has 0 aliphatic carbocycles. The van der Waals surface area contributed by atoms with E-state index in [-0.39, 0.29) is 0 Å². The Labute approximate surface area is 72.5 Å². The summed E-state index contributed by atoms with van der Waals surface area (Å²) in [5, 5.41) is 3.21. The van der Waals surface area contributed by atoms with Crippen LogP contribution in [0.3, 0.4) is 0 Å². The zero-order valence-electron chi connectivity index (χ0n) is 6.92. The molecule has 1 saturated heterocycles. The van der Waals surface area contributed by atoms with Crippen LogP contribution >= 0.6 is 0 Å². The van der Waals surface area contributed by atoms with Gasteiger partial charge in [-0.25, -0.2) is 0 Å². The summed E-state index contributed by atoms with van der Waals surface area (Å²) < 4.78 is 5.55. The highest BCUT2D eigenvalue weighted by Gasteiger charge is 2.16. The van der Waals surface area contributed by atoms with Gasteiger partial charge in [-0.3, -0.25) is 0 Å². The van der Waals surface area contributed by atoms with Crippen molar-refractivity contribution in [2.24, 2.45) is 5.92 Å². The number of nitrogens with one attached hydrogen (secondary N) is 1. The number of hydrogen-bond donors (Lipinski definition) is 1. The van der Waals surface area contributed by atoms with Gasteiger partial charge in [0.05, 0.1) is 6.61 Å². The highest BCUT2D eigenvalue weighted by molar-refractivity contribution is 5.20. The molecule has 1 aliphatic rings. The van der Waals surface area contributed by atoms with Crippen molar-refractivity contribution in [2.45, 2.75) is 0 Å². The van der Waals surface area contributed by atoms with E-state index in [0.717, 1.165) is 25.4 Å². The maximum Gasteiger partial charge on any atom is 0.119 e. The molecule has 0 bridgehead atoms. The monoisotopic (exact) mass is 162 g/mol. The predicted molar refractivity (Wildman–Crippen MR) is 47.1 cm³/mol. The van der Waals surface area contributed by atoms with Crippen molar-refractivity contribution in [1.29, 1.82) is 0 Å². The summed E-state index contributed by atoms with van der Waals surface area (Å²) in [5.74, 6) is 1.65. The molecule has 2 rings (SSSR count). The van der Waals surface area contributed by atoms with Crippen LogP contribution in [0.2, 0.25) is 0 Å². The first-order valence-electron chi connectivity index (χ1n) is 4.25. The zero-order chi connectivity index (χ0) is 8.23. The zero-order valence-corrected chi connectivity index (χ0v) is 6.92. The van der Waals surface area contributed by atoms with Crippen LogP contribution < -0.4 is 10.1 Å². The van der Waals surface area contributed by atoms with E-state index in [1.54, 1.807) is 0 Å². The van der Waals surface area contributed by atoms with Crippen molar-refractivity contribution in [2.75, 3.05) is 19.7 Å². The summed E-state index contributed by atoms with van der Waals surface area (Å²) in [5.41, 5.74) is 0. The summed E-state index contributed by atoms with van der Waals surface area (Å²) >= 11 is 0. The topological polar surface area (TPSA) is 21.3 Å². The molecule has 1 aliphatic heterocycles. The third-order valence-corrected chi connectivity index (χ3v) is 2.04. The number of ether oxygens (including phenoxy) is 1. The molecule has 0 aromatic heterocycles. The molecule has 1 heterocycles. The van der Waals surface area contributed by atoms with Gasteiger partial charge in [-0.1, -0.05) is 12.1 Å². The SMILES string of the molecule is [c]1ccc(OCC2CNC2)cc1. The normalized spacial score (nSPS) is 17.0. The van der Waals surface area contributed by atoms with E-state index >= 15 is 0 Å². The Morgan fingerprint density at radius 2 is 2.17 bits per heavy atom. The average molecular weight is 162 g/mol. The van der Waals surface area contributed by atoms with Gasteiger partial charge in [0.1, 0.15) is 5.75 Å². The Bertz CT molecular complexity index is 231. The van der Waals surface area contributed by atoms with Crippen molar-refractivity contribution in [1.82, 2.24) is 5.32 Å². The van der Waals surface area contributed by atoms with Crippen LogP contribution in [0, 0.1) is 12.0 Å². The van der Waals surface area contributed by atoms with E-state index in [0.29, 0.717) is 5.92 Å². The molecule has 1 aromatic carbocycles. The Hall–Kier alpha value is -1.02. The quantitative estimate of drug-likeness (QED) is 0.718. The minimum atomic E-state index is 0.703. The summed E-state index contributed by atoms with van der Waals surface area (Å²) in [6.07, 6.45) is 0. The number of rotatable bonds is 3. The van der Waals surface area contributed by atoms with Crippen LogP contribution in [0.4, 0.5) is 0 Å². The fourth-order valence-corrected chi connectivity index (χ4v) is 1.15. The highest BCUT2D eigenvalue weighted by atomic mass is 16.5. The van der Waals surface area contributed by atoms with E-state index in [1.807, 2.05) is 24.3 Å². The maximum absolute atomic E-state index is 5.55. The second kappa shape index (κ2) is 3.59. The number of benzene rings is 1. The summed E-state index contributed by atoms with van der Waals surface area (Å²) in [6, 6.07) is 10.6. The van der Waals surface area contributed by atoms with Gasteiger partial charge in [0.2, 0.25) is 0 Å². The summed E-state index contributed by atoms with van der Waals surface area (Å²) in [7, 11) is 0. The lowest BCUT2D eigenvalue weighted by molar-refractivity contribution is 0.199. The van der Waals surface area contributed by atoms with E-state index in [4.69, 9.17) is 4.74 Å². The fraction of sp³-hybridized carbons (Fsp3) is 0.400. The molecule has 1 radical (unpaired) electrons. The molecule has 0 unspecified atom stereocenters. The Kier molecular flexibility index (Phi) is 2.28. The Morgan fingerprint density at radius 1 is 1.42 bits per heavy atom. The molecule has 0 amide bonds. The van der Waals surface area contributed by atoms with Gasteiger partial charge in [0.15, 0.2) is 0 Å². The van der Waals surface area contributed by atoms with Gasteiger partial charge in [-0.2, -0.15) is 0 Å². The second-order valence-electron chi connectivity index (χ2n) is 3.07. The van der Waals surface area contributed by atoms with Crippen LogP contribution in [0.15, 0.2) is 24.3 Å². The average Bonchev–Trinajstić information content (AvgIpc) is 2.04.